The van der Waals surface area contributed by atoms with Crippen molar-refractivity contribution >= 4 is 0 Å². The minimum absolute atomic E-state index is 1.66. The zero-order valence-electron chi connectivity index (χ0n) is 13.6. The first kappa shape index (κ1) is 27.4. The average Bonchev–Trinajstić information content (AvgIpc) is 2.52. The zero-order chi connectivity index (χ0) is 23.3. The van der Waals surface area contributed by atoms with Gasteiger partial charge in [-0.05, 0) is 0 Å². The second kappa shape index (κ2) is 9.96. The molecule has 2 atom stereocenters. The second-order valence-corrected chi connectivity index (χ2v) is 5.22. The molecule has 0 spiro atoms. The van der Waals surface area contributed by atoms with Crippen LogP contribution >= 0.6 is 0 Å². The van der Waals surface area contributed by atoms with Crippen LogP contribution in [-0.4, -0.2) is 74.3 Å². The van der Waals surface area contributed by atoms with Gasteiger partial charge in [-0.2, -0.15) is 30.7 Å². The van der Waals surface area contributed by atoms with Crippen LogP contribution in [0, 0.1) is 10.1 Å². The maximum absolute atomic E-state index is 13.2. The standard InChI is InChI=1S/C11H11F12NO5/c12-6(10(19,20)21)11(22,23)29-5(1-27-3-8(15,16)7(13)14)2-28-4-9(17,18)24(25)26/h5-7H,1-4H2. The molecular formula is C11H11F12NO5. The molecule has 0 aliphatic carbocycles. The molecule has 0 bridgehead atoms. The molecule has 0 rings (SSSR count). The van der Waals surface area contributed by atoms with E-state index in [0.29, 0.717) is 0 Å². The van der Waals surface area contributed by atoms with Crippen LogP contribution in [-0.2, 0) is 14.2 Å². The van der Waals surface area contributed by atoms with Gasteiger partial charge >= 0.3 is 30.7 Å². The number of ether oxygens (including phenoxy) is 3. The van der Waals surface area contributed by atoms with Crippen molar-refractivity contribution in [3.05, 3.63) is 10.1 Å². The number of nitro groups is 1. The molecule has 0 saturated carbocycles. The molecule has 0 saturated heterocycles. The fourth-order valence-corrected chi connectivity index (χ4v) is 1.34. The quantitative estimate of drug-likeness (QED) is 0.180. The van der Waals surface area contributed by atoms with Crippen molar-refractivity contribution in [1.82, 2.24) is 0 Å². The summed E-state index contributed by atoms with van der Waals surface area (Å²) in [6.07, 6.45) is -23.8. The van der Waals surface area contributed by atoms with E-state index in [-0.39, 0.29) is 0 Å². The van der Waals surface area contributed by atoms with E-state index in [4.69, 9.17) is 0 Å². The Hall–Kier alpha value is -1.56. The van der Waals surface area contributed by atoms with Gasteiger partial charge in [0.05, 0.1) is 18.1 Å². The number of halogens is 12. The van der Waals surface area contributed by atoms with Crippen molar-refractivity contribution in [2.24, 2.45) is 0 Å². The second-order valence-electron chi connectivity index (χ2n) is 5.22. The highest BCUT2D eigenvalue weighted by atomic mass is 19.4. The van der Waals surface area contributed by atoms with Gasteiger partial charge in [0.1, 0.15) is 12.7 Å². The molecule has 6 nitrogen and oxygen atoms in total. The molecule has 0 aromatic carbocycles. The van der Waals surface area contributed by atoms with E-state index in [2.05, 4.69) is 14.2 Å². The van der Waals surface area contributed by atoms with Gasteiger partial charge in [-0.25, -0.2) is 13.2 Å². The summed E-state index contributed by atoms with van der Waals surface area (Å²) in [7, 11) is 0. The molecule has 29 heavy (non-hydrogen) atoms. The summed E-state index contributed by atoms with van der Waals surface area (Å²) >= 11 is 0. The van der Waals surface area contributed by atoms with E-state index in [1.165, 1.54) is 0 Å². The van der Waals surface area contributed by atoms with Gasteiger partial charge in [0.2, 0.25) is 0 Å². The van der Waals surface area contributed by atoms with Crippen molar-refractivity contribution in [2.45, 2.75) is 43.0 Å². The third kappa shape index (κ3) is 9.20. The minimum Gasteiger partial charge on any atom is -0.372 e. The molecular weight excluding hydrogens is 454 g/mol. The first-order chi connectivity index (χ1) is 12.8. The SMILES string of the molecule is O=[N+]([O-])C(F)(F)COCC(COCC(F)(F)C(F)F)OC(F)(F)C(F)C(F)(F)F. The van der Waals surface area contributed by atoms with Crippen LogP contribution in [0.1, 0.15) is 0 Å². The Kier molecular flexibility index (Phi) is 9.43. The Labute approximate surface area is 152 Å². The molecule has 0 aliphatic heterocycles. The summed E-state index contributed by atoms with van der Waals surface area (Å²) in [5.41, 5.74) is 0. The van der Waals surface area contributed by atoms with Crippen LogP contribution in [0.3, 0.4) is 0 Å². The van der Waals surface area contributed by atoms with Gasteiger partial charge in [-0.3, -0.25) is 10.1 Å². The van der Waals surface area contributed by atoms with Crippen LogP contribution in [0.15, 0.2) is 0 Å². The monoisotopic (exact) mass is 465 g/mol. The lowest BCUT2D eigenvalue weighted by molar-refractivity contribution is -0.647. The number of hydrogen-bond acceptors (Lipinski definition) is 5. The fourth-order valence-electron chi connectivity index (χ4n) is 1.34. The van der Waals surface area contributed by atoms with Gasteiger partial charge in [0, 0.05) is 0 Å². The largest absolute Gasteiger partial charge is 0.534 e. The first-order valence-electron chi connectivity index (χ1n) is 6.93. The molecule has 0 heterocycles. The van der Waals surface area contributed by atoms with E-state index in [1.807, 2.05) is 0 Å². The van der Waals surface area contributed by atoms with Crippen LogP contribution < -0.4 is 0 Å². The Morgan fingerprint density at radius 2 is 1.28 bits per heavy atom. The van der Waals surface area contributed by atoms with Crippen molar-refractivity contribution in [1.29, 1.82) is 0 Å². The molecule has 0 amide bonds. The van der Waals surface area contributed by atoms with Gasteiger partial charge in [0.15, 0.2) is 6.61 Å². The molecule has 0 aromatic rings. The summed E-state index contributed by atoms with van der Waals surface area (Å²) in [5, 5.41) is 9.94. The molecule has 0 N–H and O–H groups in total. The topological polar surface area (TPSA) is 70.8 Å². The highest BCUT2D eigenvalue weighted by Gasteiger charge is 2.59. The average molecular weight is 465 g/mol. The highest BCUT2D eigenvalue weighted by Crippen LogP contribution is 2.36. The maximum atomic E-state index is 13.2. The molecule has 0 radical (unpaired) electrons. The molecule has 2 unspecified atom stereocenters. The van der Waals surface area contributed by atoms with Crippen LogP contribution in [0.4, 0.5) is 52.7 Å². The lowest BCUT2D eigenvalue weighted by atomic mass is 10.3. The summed E-state index contributed by atoms with van der Waals surface area (Å²) < 4.78 is 161. The van der Waals surface area contributed by atoms with E-state index in [0.717, 1.165) is 0 Å². The Bertz CT molecular complexity index is 529. The van der Waals surface area contributed by atoms with Gasteiger partial charge < -0.3 is 14.2 Å². The predicted octanol–water partition coefficient (Wildman–Crippen LogP) is 3.67. The van der Waals surface area contributed by atoms with Crippen LogP contribution in [0.25, 0.3) is 0 Å². The molecule has 0 fully saturated rings. The third-order valence-electron chi connectivity index (χ3n) is 2.67. The maximum Gasteiger partial charge on any atom is 0.534 e. The lowest BCUT2D eigenvalue weighted by Crippen LogP contribution is -2.47. The molecule has 174 valence electrons. The minimum atomic E-state index is -6.17. The Morgan fingerprint density at radius 3 is 1.66 bits per heavy atom. The Morgan fingerprint density at radius 1 is 0.828 bits per heavy atom. The Balaban J connectivity index is 5.11. The lowest BCUT2D eigenvalue weighted by Gasteiger charge is -2.27. The van der Waals surface area contributed by atoms with Crippen molar-refractivity contribution in [3.8, 4) is 0 Å². The van der Waals surface area contributed by atoms with Crippen LogP contribution in [0.2, 0.25) is 0 Å². The molecule has 18 heteroatoms. The van der Waals surface area contributed by atoms with E-state index >= 15 is 0 Å². The number of nitrogens with zero attached hydrogens (tertiary/aromatic N) is 1. The predicted molar refractivity (Wildman–Crippen MR) is 65.3 cm³/mol. The highest BCUT2D eigenvalue weighted by molar-refractivity contribution is 4.77. The fraction of sp³-hybridized carbons (Fsp3) is 1.00. The summed E-state index contributed by atoms with van der Waals surface area (Å²) in [6.45, 7) is -7.63. The van der Waals surface area contributed by atoms with E-state index in [9.17, 15) is 62.8 Å². The normalized spacial score (nSPS) is 16.2. The van der Waals surface area contributed by atoms with Crippen molar-refractivity contribution in [2.75, 3.05) is 26.4 Å². The van der Waals surface area contributed by atoms with Crippen molar-refractivity contribution in [3.63, 3.8) is 0 Å². The van der Waals surface area contributed by atoms with E-state index < -0.39 is 74.3 Å². The van der Waals surface area contributed by atoms with Gasteiger partial charge in [-0.1, -0.05) is 0 Å². The number of rotatable bonds is 13. The first-order valence-corrected chi connectivity index (χ1v) is 6.93. The van der Waals surface area contributed by atoms with E-state index in [1.54, 1.807) is 0 Å². The molecule has 0 aromatic heterocycles. The summed E-state index contributed by atoms with van der Waals surface area (Å²) in [5.74, 6) is -4.83. The number of hydrogen-bond donors (Lipinski definition) is 0. The van der Waals surface area contributed by atoms with Crippen molar-refractivity contribution < 1.29 is 71.8 Å². The number of alkyl halides is 12. The van der Waals surface area contributed by atoms with Gasteiger partial charge in [-0.15, -0.1) is 8.78 Å². The van der Waals surface area contributed by atoms with Gasteiger partial charge in [0.25, 0.3) is 6.17 Å². The molecule has 0 aliphatic rings. The third-order valence-corrected chi connectivity index (χ3v) is 2.67. The summed E-state index contributed by atoms with van der Waals surface area (Å²) in [6, 6.07) is -4.79. The smallest absolute Gasteiger partial charge is 0.372 e. The van der Waals surface area contributed by atoms with Crippen LogP contribution in [0.5, 0.6) is 0 Å². The summed E-state index contributed by atoms with van der Waals surface area (Å²) in [4.78, 5) is 7.76. The zero-order valence-corrected chi connectivity index (χ0v) is 13.6.